The number of anilines is 2. The molecule has 3 aromatic rings. The molecule has 0 radical (unpaired) electrons. The van der Waals surface area contributed by atoms with Crippen LogP contribution in [0.3, 0.4) is 0 Å². The molecule has 0 atom stereocenters. The standard InChI is InChI=1S/C24H28Cl2N4O3/c1-30-7-4-15(5-8-30)6-9-33-23-12-19-16(10-22(23)32-3)24(28-14-27-19)29-20-13-21(31-2)18(26)11-17(20)25/h10-15H,4-9H2,1-3H3,(H,27,28,29). The monoisotopic (exact) mass is 490 g/mol. The van der Waals surface area contributed by atoms with E-state index < -0.39 is 0 Å². The van der Waals surface area contributed by atoms with E-state index in [0.29, 0.717) is 51.3 Å². The Morgan fingerprint density at radius 2 is 1.73 bits per heavy atom. The van der Waals surface area contributed by atoms with Crippen molar-refractivity contribution >= 4 is 45.6 Å². The van der Waals surface area contributed by atoms with E-state index in [-0.39, 0.29) is 0 Å². The van der Waals surface area contributed by atoms with Crippen LogP contribution >= 0.6 is 23.2 Å². The SMILES string of the molecule is COc1cc(Nc2ncnc3cc(OCCC4CCN(C)CC4)c(OC)cc23)c(Cl)cc1Cl. The summed E-state index contributed by atoms with van der Waals surface area (Å²) < 4.78 is 17.0. The van der Waals surface area contributed by atoms with E-state index in [4.69, 9.17) is 37.4 Å². The zero-order valence-electron chi connectivity index (χ0n) is 19.0. The van der Waals surface area contributed by atoms with E-state index in [1.165, 1.54) is 19.2 Å². The third-order valence-corrected chi connectivity index (χ3v) is 6.65. The first kappa shape index (κ1) is 23.7. The second kappa shape index (κ2) is 10.6. The fraction of sp³-hybridized carbons (Fsp3) is 0.417. The van der Waals surface area contributed by atoms with Gasteiger partial charge in [-0.25, -0.2) is 9.97 Å². The lowest BCUT2D eigenvalue weighted by Gasteiger charge is -2.28. The molecular formula is C24H28Cl2N4O3. The first-order chi connectivity index (χ1) is 16.0. The van der Waals surface area contributed by atoms with Crippen LogP contribution in [0.1, 0.15) is 19.3 Å². The number of methoxy groups -OCH3 is 2. The number of hydrogen-bond acceptors (Lipinski definition) is 7. The maximum Gasteiger partial charge on any atom is 0.163 e. The summed E-state index contributed by atoms with van der Waals surface area (Å²) in [6.07, 6.45) is 4.97. The molecular weight excluding hydrogens is 463 g/mol. The molecule has 1 saturated heterocycles. The molecule has 0 amide bonds. The Labute approximate surface area is 204 Å². The number of aromatic nitrogens is 2. The summed E-state index contributed by atoms with van der Waals surface area (Å²) in [5, 5.41) is 4.92. The normalized spacial score (nSPS) is 14.9. The highest BCUT2D eigenvalue weighted by molar-refractivity contribution is 6.37. The Kier molecular flexibility index (Phi) is 7.63. The Morgan fingerprint density at radius 1 is 0.970 bits per heavy atom. The van der Waals surface area contributed by atoms with Gasteiger partial charge in [-0.15, -0.1) is 0 Å². The van der Waals surface area contributed by atoms with Crippen LogP contribution in [-0.4, -0.2) is 55.8 Å². The minimum absolute atomic E-state index is 0.435. The number of rotatable bonds is 8. The molecule has 2 heterocycles. The molecule has 0 spiro atoms. The van der Waals surface area contributed by atoms with Crippen molar-refractivity contribution in [1.29, 1.82) is 0 Å². The van der Waals surface area contributed by atoms with Gasteiger partial charge in [-0.3, -0.25) is 0 Å². The molecule has 1 aromatic heterocycles. The fourth-order valence-corrected chi connectivity index (χ4v) is 4.54. The van der Waals surface area contributed by atoms with Gasteiger partial charge >= 0.3 is 0 Å². The summed E-state index contributed by atoms with van der Waals surface area (Å²) >= 11 is 12.5. The highest BCUT2D eigenvalue weighted by atomic mass is 35.5. The maximum atomic E-state index is 6.38. The molecule has 7 nitrogen and oxygen atoms in total. The largest absolute Gasteiger partial charge is 0.495 e. The lowest BCUT2D eigenvalue weighted by molar-refractivity contribution is 0.186. The van der Waals surface area contributed by atoms with Crippen LogP contribution in [0.4, 0.5) is 11.5 Å². The quantitative estimate of drug-likeness (QED) is 0.427. The maximum absolute atomic E-state index is 6.38. The average Bonchev–Trinajstić information content (AvgIpc) is 2.81. The van der Waals surface area contributed by atoms with Gasteiger partial charge in [0, 0.05) is 17.5 Å². The van der Waals surface area contributed by atoms with Crippen LogP contribution in [0.25, 0.3) is 10.9 Å². The summed E-state index contributed by atoms with van der Waals surface area (Å²) in [7, 11) is 5.36. The van der Waals surface area contributed by atoms with Crippen molar-refractivity contribution in [3.8, 4) is 17.2 Å². The van der Waals surface area contributed by atoms with Gasteiger partial charge in [-0.2, -0.15) is 0 Å². The molecule has 2 aromatic carbocycles. The number of likely N-dealkylation sites (tertiary alicyclic amines) is 1. The van der Waals surface area contributed by atoms with Crippen molar-refractivity contribution in [1.82, 2.24) is 14.9 Å². The van der Waals surface area contributed by atoms with Crippen LogP contribution in [0.15, 0.2) is 30.6 Å². The summed E-state index contributed by atoms with van der Waals surface area (Å²) in [6, 6.07) is 7.13. The van der Waals surface area contributed by atoms with E-state index in [1.54, 1.807) is 26.4 Å². The van der Waals surface area contributed by atoms with Gasteiger partial charge in [-0.05, 0) is 57.5 Å². The van der Waals surface area contributed by atoms with Crippen molar-refractivity contribution in [3.63, 3.8) is 0 Å². The van der Waals surface area contributed by atoms with Crippen LogP contribution in [0.2, 0.25) is 10.0 Å². The average molecular weight is 491 g/mol. The predicted molar refractivity (Wildman–Crippen MR) is 133 cm³/mol. The van der Waals surface area contributed by atoms with E-state index in [0.717, 1.165) is 30.4 Å². The number of ether oxygens (including phenoxy) is 3. The van der Waals surface area contributed by atoms with Crippen molar-refractivity contribution in [2.45, 2.75) is 19.3 Å². The second-order valence-corrected chi connectivity index (χ2v) is 9.03. The number of piperidine rings is 1. The van der Waals surface area contributed by atoms with Gasteiger partial charge in [0.15, 0.2) is 11.5 Å². The minimum atomic E-state index is 0.435. The van der Waals surface area contributed by atoms with Crippen molar-refractivity contribution in [2.75, 3.05) is 46.3 Å². The van der Waals surface area contributed by atoms with Crippen LogP contribution < -0.4 is 19.5 Å². The fourth-order valence-electron chi connectivity index (χ4n) is 4.03. The molecule has 1 fully saturated rings. The molecule has 0 unspecified atom stereocenters. The van der Waals surface area contributed by atoms with E-state index in [2.05, 4.69) is 27.2 Å². The third kappa shape index (κ3) is 5.54. The Bertz CT molecular complexity index is 1120. The van der Waals surface area contributed by atoms with Crippen LogP contribution in [0.5, 0.6) is 17.2 Å². The minimum Gasteiger partial charge on any atom is -0.495 e. The molecule has 0 aliphatic carbocycles. The molecule has 33 heavy (non-hydrogen) atoms. The Morgan fingerprint density at radius 3 is 2.45 bits per heavy atom. The number of hydrogen-bond donors (Lipinski definition) is 1. The third-order valence-electron chi connectivity index (χ3n) is 6.04. The smallest absolute Gasteiger partial charge is 0.163 e. The highest BCUT2D eigenvalue weighted by Gasteiger charge is 2.18. The van der Waals surface area contributed by atoms with Crippen LogP contribution in [0, 0.1) is 5.92 Å². The zero-order valence-corrected chi connectivity index (χ0v) is 20.5. The van der Waals surface area contributed by atoms with Crippen molar-refractivity contribution in [2.24, 2.45) is 5.92 Å². The molecule has 0 bridgehead atoms. The van der Waals surface area contributed by atoms with E-state index in [9.17, 15) is 0 Å². The first-order valence-corrected chi connectivity index (χ1v) is 11.7. The molecule has 1 N–H and O–H groups in total. The molecule has 1 aliphatic rings. The van der Waals surface area contributed by atoms with Gasteiger partial charge < -0.3 is 24.4 Å². The van der Waals surface area contributed by atoms with E-state index in [1.807, 2.05) is 12.1 Å². The number of nitrogens with zero attached hydrogens (tertiary/aromatic N) is 3. The molecule has 176 valence electrons. The number of fused-ring (bicyclic) bond motifs is 1. The van der Waals surface area contributed by atoms with E-state index >= 15 is 0 Å². The summed E-state index contributed by atoms with van der Waals surface area (Å²) in [6.45, 7) is 2.95. The number of nitrogens with one attached hydrogen (secondary N) is 1. The Hall–Kier alpha value is -2.48. The van der Waals surface area contributed by atoms with Gasteiger partial charge in [0.05, 0.1) is 42.1 Å². The van der Waals surface area contributed by atoms with Gasteiger partial charge in [-0.1, -0.05) is 23.2 Å². The van der Waals surface area contributed by atoms with Gasteiger partial charge in [0.2, 0.25) is 0 Å². The topological polar surface area (TPSA) is 68.7 Å². The second-order valence-electron chi connectivity index (χ2n) is 8.22. The molecule has 9 heteroatoms. The van der Waals surface area contributed by atoms with Crippen LogP contribution in [-0.2, 0) is 0 Å². The number of benzene rings is 2. The lowest BCUT2D eigenvalue weighted by Crippen LogP contribution is -2.30. The van der Waals surface area contributed by atoms with Crippen molar-refractivity contribution in [3.05, 3.63) is 40.6 Å². The first-order valence-electron chi connectivity index (χ1n) is 10.9. The Balaban J connectivity index is 1.54. The van der Waals surface area contributed by atoms with Crippen molar-refractivity contribution < 1.29 is 14.2 Å². The van der Waals surface area contributed by atoms with Gasteiger partial charge in [0.25, 0.3) is 0 Å². The summed E-state index contributed by atoms with van der Waals surface area (Å²) in [5.41, 5.74) is 1.36. The van der Waals surface area contributed by atoms with Gasteiger partial charge in [0.1, 0.15) is 17.9 Å². The molecule has 0 saturated carbocycles. The highest BCUT2D eigenvalue weighted by Crippen LogP contribution is 2.38. The number of halogens is 2. The predicted octanol–water partition coefficient (Wildman–Crippen LogP) is 5.81. The molecule has 4 rings (SSSR count). The molecule has 1 aliphatic heterocycles. The zero-order chi connectivity index (χ0) is 23.4. The summed E-state index contributed by atoms with van der Waals surface area (Å²) in [4.78, 5) is 11.2. The lowest BCUT2D eigenvalue weighted by atomic mass is 9.94. The summed E-state index contributed by atoms with van der Waals surface area (Å²) in [5.74, 6) is 3.10.